The van der Waals surface area contributed by atoms with Gasteiger partial charge < -0.3 is 15.5 Å². The highest BCUT2D eigenvalue weighted by Crippen LogP contribution is 2.27. The molecule has 4 amide bonds. The Labute approximate surface area is 188 Å². The second-order valence-corrected chi connectivity index (χ2v) is 8.78. The van der Waals surface area contributed by atoms with Gasteiger partial charge >= 0.3 is 6.03 Å². The van der Waals surface area contributed by atoms with E-state index in [1.165, 1.54) is 4.90 Å². The van der Waals surface area contributed by atoms with Crippen LogP contribution in [0.15, 0.2) is 42.5 Å². The minimum Gasteiger partial charge on any atom is -0.324 e. The van der Waals surface area contributed by atoms with E-state index in [0.29, 0.717) is 6.42 Å². The Morgan fingerprint density at radius 3 is 2.47 bits per heavy atom. The Hall–Kier alpha value is -3.19. The van der Waals surface area contributed by atoms with Crippen molar-refractivity contribution in [2.24, 2.45) is 0 Å². The molecule has 2 heterocycles. The van der Waals surface area contributed by atoms with E-state index in [9.17, 15) is 14.4 Å². The Kier molecular flexibility index (Phi) is 6.28. The number of hydrogen-bond acceptors (Lipinski definition) is 4. The third kappa shape index (κ3) is 4.39. The van der Waals surface area contributed by atoms with Crippen LogP contribution in [0.4, 0.5) is 10.5 Å². The van der Waals surface area contributed by atoms with Gasteiger partial charge in [0.1, 0.15) is 12.6 Å². The Balaban J connectivity index is 1.56. The summed E-state index contributed by atoms with van der Waals surface area (Å²) >= 11 is 0. The Morgan fingerprint density at radius 2 is 1.78 bits per heavy atom. The molecule has 0 saturated carbocycles. The zero-order valence-corrected chi connectivity index (χ0v) is 18.9. The minimum atomic E-state index is -0.485. The molecule has 2 aliphatic rings. The van der Waals surface area contributed by atoms with Crippen molar-refractivity contribution in [1.29, 1.82) is 0 Å². The van der Waals surface area contributed by atoms with Crippen molar-refractivity contribution >= 4 is 23.5 Å². The minimum absolute atomic E-state index is 0.0903. The lowest BCUT2D eigenvalue weighted by Crippen LogP contribution is -2.70. The number of anilines is 1. The van der Waals surface area contributed by atoms with E-state index in [-0.39, 0.29) is 30.9 Å². The summed E-state index contributed by atoms with van der Waals surface area (Å²) in [6, 6.07) is 12.3. The summed E-state index contributed by atoms with van der Waals surface area (Å²) in [6.45, 7) is 6.77. The van der Waals surface area contributed by atoms with Crippen LogP contribution in [0.25, 0.3) is 0 Å². The molecule has 168 valence electrons. The first-order chi connectivity index (χ1) is 15.3. The molecule has 2 saturated heterocycles. The summed E-state index contributed by atoms with van der Waals surface area (Å²) in [5.74, 6) is -0.475. The molecule has 0 spiro atoms. The van der Waals surface area contributed by atoms with Crippen LogP contribution in [0.1, 0.15) is 35.1 Å². The molecule has 0 aromatic heterocycles. The lowest BCUT2D eigenvalue weighted by atomic mass is 9.93. The van der Waals surface area contributed by atoms with E-state index in [4.69, 9.17) is 0 Å². The number of piperidine rings is 1. The summed E-state index contributed by atoms with van der Waals surface area (Å²) in [7, 11) is 0. The topological polar surface area (TPSA) is 81.8 Å². The van der Waals surface area contributed by atoms with Gasteiger partial charge in [0.2, 0.25) is 11.8 Å². The lowest BCUT2D eigenvalue weighted by Gasteiger charge is -2.46. The fraction of sp³-hybridized carbons (Fsp3) is 0.400. The van der Waals surface area contributed by atoms with Crippen molar-refractivity contribution in [1.82, 2.24) is 15.1 Å². The van der Waals surface area contributed by atoms with Crippen LogP contribution in [0.5, 0.6) is 0 Å². The molecule has 0 bridgehead atoms. The maximum Gasteiger partial charge on any atom is 0.327 e. The standard InChI is InChI=1S/C25H30N4O3/c1-16-12-17(2)22(18(3)13-16)27-21(30)15-28-20-10-7-11-26-23(20)24(31)29(25(28)32)14-19-8-5-4-6-9-19/h4-6,8-9,12-13,20,23,26H,7,10-11,14-15H2,1-3H3,(H,27,30). The van der Waals surface area contributed by atoms with Gasteiger partial charge in [-0.05, 0) is 56.8 Å². The van der Waals surface area contributed by atoms with Crippen molar-refractivity contribution in [2.75, 3.05) is 18.4 Å². The van der Waals surface area contributed by atoms with Crippen LogP contribution < -0.4 is 10.6 Å². The van der Waals surface area contributed by atoms with E-state index in [1.807, 2.05) is 63.2 Å². The summed E-state index contributed by atoms with van der Waals surface area (Å²) in [4.78, 5) is 42.4. The Morgan fingerprint density at radius 1 is 1.09 bits per heavy atom. The smallest absolute Gasteiger partial charge is 0.324 e. The van der Waals surface area contributed by atoms with Gasteiger partial charge in [-0.1, -0.05) is 48.0 Å². The van der Waals surface area contributed by atoms with Crippen LogP contribution in [-0.4, -0.2) is 52.8 Å². The van der Waals surface area contributed by atoms with E-state index < -0.39 is 12.1 Å². The molecule has 32 heavy (non-hydrogen) atoms. The quantitative estimate of drug-likeness (QED) is 0.758. The first-order valence-corrected chi connectivity index (χ1v) is 11.1. The fourth-order valence-corrected chi connectivity index (χ4v) is 4.83. The maximum atomic E-state index is 13.4. The average Bonchev–Trinajstić information content (AvgIpc) is 2.77. The van der Waals surface area contributed by atoms with Gasteiger partial charge in [-0.2, -0.15) is 0 Å². The average molecular weight is 435 g/mol. The van der Waals surface area contributed by atoms with Gasteiger partial charge in [0.05, 0.1) is 12.6 Å². The number of nitrogens with zero attached hydrogens (tertiary/aromatic N) is 2. The third-order valence-electron chi connectivity index (χ3n) is 6.27. The molecule has 2 aromatic rings. The number of amides is 4. The SMILES string of the molecule is Cc1cc(C)c(NC(=O)CN2C(=O)N(Cc3ccccc3)C(=O)C3NCCCC32)c(C)c1. The third-order valence-corrected chi connectivity index (χ3v) is 6.27. The van der Waals surface area contributed by atoms with Gasteiger partial charge in [-0.25, -0.2) is 4.79 Å². The largest absolute Gasteiger partial charge is 0.327 e. The van der Waals surface area contributed by atoms with Crippen molar-refractivity contribution in [3.63, 3.8) is 0 Å². The zero-order valence-electron chi connectivity index (χ0n) is 18.9. The molecule has 2 aromatic carbocycles. The second-order valence-electron chi connectivity index (χ2n) is 8.78. The zero-order chi connectivity index (χ0) is 22.8. The number of nitrogens with one attached hydrogen (secondary N) is 2. The summed E-state index contributed by atoms with van der Waals surface area (Å²) in [5, 5.41) is 6.26. The molecule has 0 aliphatic carbocycles. The van der Waals surface area contributed by atoms with Crippen LogP contribution in [-0.2, 0) is 16.1 Å². The second kappa shape index (κ2) is 9.12. The van der Waals surface area contributed by atoms with Gasteiger partial charge in [0.15, 0.2) is 0 Å². The van der Waals surface area contributed by atoms with E-state index in [2.05, 4.69) is 10.6 Å². The van der Waals surface area contributed by atoms with Crippen molar-refractivity contribution in [3.8, 4) is 0 Å². The number of fused-ring (bicyclic) bond motifs is 1. The number of carbonyl (C=O) groups is 3. The fourth-order valence-electron chi connectivity index (χ4n) is 4.83. The number of urea groups is 1. The summed E-state index contributed by atoms with van der Waals surface area (Å²) < 4.78 is 0. The number of imide groups is 1. The van der Waals surface area contributed by atoms with Gasteiger partial charge in [-0.15, -0.1) is 0 Å². The van der Waals surface area contributed by atoms with Gasteiger partial charge in [0.25, 0.3) is 0 Å². The first-order valence-electron chi connectivity index (χ1n) is 11.1. The van der Waals surface area contributed by atoms with E-state index in [1.54, 1.807) is 4.90 Å². The molecule has 2 N–H and O–H groups in total. The molecule has 2 fully saturated rings. The molecule has 0 radical (unpaired) electrons. The normalized spacial score (nSPS) is 20.8. The molecule has 2 atom stereocenters. The van der Waals surface area contributed by atoms with E-state index >= 15 is 0 Å². The molecule has 2 unspecified atom stereocenters. The molecule has 4 rings (SSSR count). The van der Waals surface area contributed by atoms with Gasteiger partial charge in [-0.3, -0.25) is 14.5 Å². The van der Waals surface area contributed by atoms with Crippen LogP contribution in [0.2, 0.25) is 0 Å². The molecule has 7 nitrogen and oxygen atoms in total. The summed E-state index contributed by atoms with van der Waals surface area (Å²) in [6.07, 6.45) is 1.55. The predicted molar refractivity (Wildman–Crippen MR) is 123 cm³/mol. The molecular weight excluding hydrogens is 404 g/mol. The predicted octanol–water partition coefficient (Wildman–Crippen LogP) is 3.14. The molecule has 2 aliphatic heterocycles. The maximum absolute atomic E-state index is 13.4. The van der Waals surface area contributed by atoms with Gasteiger partial charge in [0, 0.05) is 5.69 Å². The van der Waals surface area contributed by atoms with Crippen molar-refractivity contribution in [3.05, 3.63) is 64.7 Å². The highest BCUT2D eigenvalue weighted by atomic mass is 16.2. The number of aryl methyl sites for hydroxylation is 3. The highest BCUT2D eigenvalue weighted by molar-refractivity contribution is 6.03. The number of hydrogen-bond donors (Lipinski definition) is 2. The monoisotopic (exact) mass is 434 g/mol. The summed E-state index contributed by atoms with van der Waals surface area (Å²) in [5.41, 5.74) is 4.76. The highest BCUT2D eigenvalue weighted by Gasteiger charge is 2.47. The van der Waals surface area contributed by atoms with Crippen molar-refractivity contribution in [2.45, 2.75) is 52.2 Å². The Bertz CT molecular complexity index is 1010. The number of carbonyl (C=O) groups excluding carboxylic acids is 3. The van der Waals surface area contributed by atoms with Crippen LogP contribution >= 0.6 is 0 Å². The van der Waals surface area contributed by atoms with Crippen LogP contribution in [0.3, 0.4) is 0 Å². The van der Waals surface area contributed by atoms with Crippen LogP contribution in [0, 0.1) is 20.8 Å². The lowest BCUT2D eigenvalue weighted by molar-refractivity contribution is -0.138. The molecule has 7 heteroatoms. The number of rotatable bonds is 5. The van der Waals surface area contributed by atoms with Crippen molar-refractivity contribution < 1.29 is 14.4 Å². The molecular formula is C25H30N4O3. The first kappa shape index (κ1) is 22.0. The van der Waals surface area contributed by atoms with E-state index in [0.717, 1.165) is 40.9 Å². The number of benzene rings is 2.